The number of pyridine rings is 1. The molecule has 0 N–H and O–H groups in total. The van der Waals surface area contributed by atoms with E-state index in [-0.39, 0.29) is 0 Å². The summed E-state index contributed by atoms with van der Waals surface area (Å²) >= 11 is 0. The molecule has 0 atom stereocenters. The fourth-order valence-electron chi connectivity index (χ4n) is 1.47. The monoisotopic (exact) mass is 269 g/mol. The van der Waals surface area contributed by atoms with Crippen molar-refractivity contribution in [2.75, 3.05) is 40.6 Å². The molecule has 0 spiro atoms. The van der Waals surface area contributed by atoms with Crippen LogP contribution in [0.4, 0.5) is 0 Å². The third-order valence-corrected chi connectivity index (χ3v) is 2.62. The molecule has 1 rings (SSSR count). The van der Waals surface area contributed by atoms with E-state index in [1.165, 1.54) is 0 Å². The van der Waals surface area contributed by atoms with Crippen molar-refractivity contribution in [3.8, 4) is 11.6 Å². The average molecular weight is 269 g/mol. The van der Waals surface area contributed by atoms with E-state index in [4.69, 9.17) is 18.9 Å². The van der Waals surface area contributed by atoms with E-state index in [0.717, 1.165) is 5.56 Å². The number of rotatable bonds is 9. The second-order valence-electron chi connectivity index (χ2n) is 4.38. The highest BCUT2D eigenvalue weighted by molar-refractivity contribution is 5.37. The van der Waals surface area contributed by atoms with Crippen molar-refractivity contribution in [2.45, 2.75) is 19.8 Å². The van der Waals surface area contributed by atoms with Crippen LogP contribution in [0.5, 0.6) is 11.6 Å². The van der Waals surface area contributed by atoms with Crippen LogP contribution in [0.2, 0.25) is 0 Å². The fraction of sp³-hybridized carbons (Fsp3) is 0.643. The maximum Gasteiger partial charge on any atom is 0.256 e. The number of nitrogens with zero attached hydrogens (tertiary/aromatic N) is 1. The van der Waals surface area contributed by atoms with E-state index >= 15 is 0 Å². The summed E-state index contributed by atoms with van der Waals surface area (Å²) in [6.07, 6.45) is 1.81. The third-order valence-electron chi connectivity index (χ3n) is 2.62. The van der Waals surface area contributed by atoms with Crippen LogP contribution < -0.4 is 9.47 Å². The van der Waals surface area contributed by atoms with Crippen molar-refractivity contribution in [3.63, 3.8) is 0 Å². The van der Waals surface area contributed by atoms with E-state index in [2.05, 4.69) is 18.8 Å². The zero-order valence-corrected chi connectivity index (χ0v) is 12.1. The molecule has 0 bridgehead atoms. The van der Waals surface area contributed by atoms with Gasteiger partial charge in [0, 0.05) is 13.3 Å². The minimum Gasteiger partial charge on any atom is -0.486 e. The summed E-state index contributed by atoms with van der Waals surface area (Å²) in [5.74, 6) is 1.56. The van der Waals surface area contributed by atoms with E-state index < -0.39 is 0 Å². The van der Waals surface area contributed by atoms with Gasteiger partial charge in [-0.15, -0.1) is 0 Å². The Labute approximate surface area is 114 Å². The largest absolute Gasteiger partial charge is 0.486 e. The van der Waals surface area contributed by atoms with Gasteiger partial charge in [-0.2, -0.15) is 0 Å². The summed E-state index contributed by atoms with van der Waals surface area (Å²) in [4.78, 5) is 4.24. The molecule has 0 radical (unpaired) electrons. The second kappa shape index (κ2) is 8.72. The van der Waals surface area contributed by atoms with Gasteiger partial charge < -0.3 is 18.9 Å². The first-order valence-electron chi connectivity index (χ1n) is 6.42. The molecule has 108 valence electrons. The predicted octanol–water partition coefficient (Wildman–Crippen LogP) is 2.26. The van der Waals surface area contributed by atoms with Crippen LogP contribution in [0.15, 0.2) is 12.3 Å². The molecule has 0 aliphatic rings. The normalized spacial score (nSPS) is 10.8. The van der Waals surface area contributed by atoms with Crippen molar-refractivity contribution in [1.29, 1.82) is 0 Å². The summed E-state index contributed by atoms with van der Waals surface area (Å²) in [6.45, 7) is 6.36. The molecular weight excluding hydrogens is 246 g/mol. The molecule has 1 aromatic heterocycles. The van der Waals surface area contributed by atoms with Crippen molar-refractivity contribution in [3.05, 3.63) is 17.8 Å². The molecule has 0 aromatic carbocycles. The molecule has 0 saturated heterocycles. The van der Waals surface area contributed by atoms with Gasteiger partial charge in [0.2, 0.25) is 0 Å². The van der Waals surface area contributed by atoms with Gasteiger partial charge >= 0.3 is 0 Å². The van der Waals surface area contributed by atoms with E-state index in [1.54, 1.807) is 14.2 Å². The highest BCUT2D eigenvalue weighted by Crippen LogP contribution is 2.27. The summed E-state index contributed by atoms with van der Waals surface area (Å²) < 4.78 is 21.0. The quantitative estimate of drug-likeness (QED) is 0.644. The minimum absolute atomic E-state index is 0.402. The van der Waals surface area contributed by atoms with Crippen LogP contribution in [0.25, 0.3) is 0 Å². The maximum absolute atomic E-state index is 5.65. The molecule has 0 aliphatic heterocycles. The standard InChI is InChI=1S/C14H23NO4/c1-11(2)12-9-13(14(17-4)15-10-12)19-8-7-18-6-5-16-3/h9-11H,5-8H2,1-4H3. The Morgan fingerprint density at radius 3 is 2.47 bits per heavy atom. The molecule has 5 nitrogen and oxygen atoms in total. The number of methoxy groups -OCH3 is 2. The number of hydrogen-bond acceptors (Lipinski definition) is 5. The van der Waals surface area contributed by atoms with Crippen LogP contribution in [-0.4, -0.2) is 45.6 Å². The number of aromatic nitrogens is 1. The van der Waals surface area contributed by atoms with Gasteiger partial charge in [-0.05, 0) is 17.5 Å². The lowest BCUT2D eigenvalue weighted by atomic mass is 10.1. The lowest BCUT2D eigenvalue weighted by Gasteiger charge is -2.12. The summed E-state index contributed by atoms with van der Waals surface area (Å²) in [7, 11) is 3.23. The predicted molar refractivity (Wildman–Crippen MR) is 73.1 cm³/mol. The van der Waals surface area contributed by atoms with Crippen LogP contribution in [0.3, 0.4) is 0 Å². The molecule has 1 aromatic rings. The Morgan fingerprint density at radius 2 is 1.84 bits per heavy atom. The van der Waals surface area contributed by atoms with E-state index in [1.807, 2.05) is 12.3 Å². The Morgan fingerprint density at radius 1 is 1.11 bits per heavy atom. The molecule has 1 heterocycles. The summed E-state index contributed by atoms with van der Waals surface area (Å²) in [5.41, 5.74) is 1.12. The third kappa shape index (κ3) is 5.44. The molecule has 0 unspecified atom stereocenters. The lowest BCUT2D eigenvalue weighted by molar-refractivity contribution is 0.0538. The van der Waals surface area contributed by atoms with Crippen molar-refractivity contribution < 1.29 is 18.9 Å². The van der Waals surface area contributed by atoms with Crippen LogP contribution in [-0.2, 0) is 9.47 Å². The van der Waals surface area contributed by atoms with Gasteiger partial charge in [-0.25, -0.2) is 4.98 Å². The average Bonchev–Trinajstić information content (AvgIpc) is 2.42. The van der Waals surface area contributed by atoms with Crippen molar-refractivity contribution >= 4 is 0 Å². The lowest BCUT2D eigenvalue weighted by Crippen LogP contribution is -2.11. The topological polar surface area (TPSA) is 49.8 Å². The van der Waals surface area contributed by atoms with Crippen LogP contribution in [0.1, 0.15) is 25.3 Å². The molecule has 0 fully saturated rings. The van der Waals surface area contributed by atoms with Crippen LogP contribution >= 0.6 is 0 Å². The van der Waals surface area contributed by atoms with Crippen molar-refractivity contribution in [1.82, 2.24) is 4.98 Å². The van der Waals surface area contributed by atoms with Gasteiger partial charge in [0.05, 0.1) is 26.9 Å². The first kappa shape index (κ1) is 15.7. The Bertz CT molecular complexity index is 368. The van der Waals surface area contributed by atoms with E-state index in [0.29, 0.717) is 44.0 Å². The van der Waals surface area contributed by atoms with Crippen molar-refractivity contribution in [2.24, 2.45) is 0 Å². The van der Waals surface area contributed by atoms with Crippen LogP contribution in [0, 0.1) is 0 Å². The molecule has 19 heavy (non-hydrogen) atoms. The Balaban J connectivity index is 2.48. The zero-order chi connectivity index (χ0) is 14.1. The second-order valence-corrected chi connectivity index (χ2v) is 4.38. The smallest absolute Gasteiger partial charge is 0.256 e. The Hall–Kier alpha value is -1.33. The number of ether oxygens (including phenoxy) is 4. The molecule has 0 aliphatic carbocycles. The first-order valence-corrected chi connectivity index (χ1v) is 6.42. The van der Waals surface area contributed by atoms with Gasteiger partial charge in [-0.3, -0.25) is 0 Å². The molecule has 5 heteroatoms. The van der Waals surface area contributed by atoms with Gasteiger partial charge in [0.15, 0.2) is 5.75 Å². The van der Waals surface area contributed by atoms with E-state index in [9.17, 15) is 0 Å². The molecule has 0 amide bonds. The highest BCUT2D eigenvalue weighted by atomic mass is 16.5. The van der Waals surface area contributed by atoms with Gasteiger partial charge in [-0.1, -0.05) is 13.8 Å². The summed E-state index contributed by atoms with van der Waals surface area (Å²) in [5, 5.41) is 0. The maximum atomic E-state index is 5.65. The Kier molecular flexibility index (Phi) is 7.22. The first-order chi connectivity index (χ1) is 9.19. The summed E-state index contributed by atoms with van der Waals surface area (Å²) in [6, 6.07) is 1.96. The number of hydrogen-bond donors (Lipinski definition) is 0. The highest BCUT2D eigenvalue weighted by Gasteiger charge is 2.09. The molecular formula is C14H23NO4. The minimum atomic E-state index is 0.402. The van der Waals surface area contributed by atoms with Gasteiger partial charge in [0.25, 0.3) is 5.88 Å². The SMILES string of the molecule is COCCOCCOc1cc(C(C)C)cnc1OC. The fourth-order valence-corrected chi connectivity index (χ4v) is 1.47. The zero-order valence-electron chi connectivity index (χ0n) is 12.1. The molecule has 0 saturated carbocycles. The van der Waals surface area contributed by atoms with Gasteiger partial charge in [0.1, 0.15) is 6.61 Å².